The highest BCUT2D eigenvalue weighted by Crippen LogP contribution is 2.64. The molecule has 0 saturated carbocycles. The molecule has 0 aromatic heterocycles. The first-order valence-electron chi connectivity index (χ1n) is 50.5. The zero-order valence-electron chi connectivity index (χ0n) is 82.8. The molecule has 0 amide bonds. The highest BCUT2D eigenvalue weighted by atomic mass is 16.6. The lowest BCUT2D eigenvalue weighted by Crippen LogP contribution is -2.41. The van der Waals surface area contributed by atoms with Gasteiger partial charge in [0.05, 0.1) is 17.9 Å². The van der Waals surface area contributed by atoms with E-state index < -0.39 is 54.4 Å². The fraction of sp³-hybridized carbons (Fsp3) is 0.168. The Hall–Kier alpha value is -17.7. The molecular formula is C131H112O19. The summed E-state index contributed by atoms with van der Waals surface area (Å²) in [6, 6.07) is 143. The van der Waals surface area contributed by atoms with E-state index in [0.717, 1.165) is 66.8 Å². The van der Waals surface area contributed by atoms with Gasteiger partial charge in [-0.3, -0.25) is 4.79 Å². The summed E-state index contributed by atoms with van der Waals surface area (Å²) in [7, 11) is 0. The summed E-state index contributed by atoms with van der Waals surface area (Å²) in [5.74, 6) is 0.837. The van der Waals surface area contributed by atoms with Gasteiger partial charge in [0, 0.05) is 71.0 Å². The Bertz CT molecular complexity index is 7500. The zero-order chi connectivity index (χ0) is 102. The normalized spacial score (nSPS) is 16.2. The van der Waals surface area contributed by atoms with Crippen LogP contribution >= 0.6 is 0 Å². The van der Waals surface area contributed by atoms with E-state index in [-0.39, 0.29) is 137 Å². The van der Waals surface area contributed by atoms with Crippen LogP contribution in [-0.2, 0) is 95.2 Å². The van der Waals surface area contributed by atoms with Crippen molar-refractivity contribution >= 4 is 5.97 Å². The molecule has 150 heavy (non-hydrogen) atoms. The molecule has 750 valence electrons. The number of benzene rings is 18. The molecule has 19 nitrogen and oxygen atoms in total. The number of fused-ring (bicyclic) bond motifs is 3. The average molecular weight is 1990 g/mol. The zero-order valence-corrected chi connectivity index (χ0v) is 82.8. The summed E-state index contributed by atoms with van der Waals surface area (Å²) < 4.78 is 118. The van der Waals surface area contributed by atoms with Crippen LogP contribution in [0.3, 0.4) is 0 Å². The molecule has 8 atom stereocenters. The first-order valence-corrected chi connectivity index (χ1v) is 50.5. The summed E-state index contributed by atoms with van der Waals surface area (Å²) in [5.41, 5.74) is 13.4. The molecule has 0 spiro atoms. The highest BCUT2D eigenvalue weighted by Gasteiger charge is 2.54. The number of aliphatic hydroxyl groups is 2. The van der Waals surface area contributed by atoms with Crippen molar-refractivity contribution in [3.63, 3.8) is 0 Å². The minimum Gasteiger partial charge on any atom is -0.489 e. The van der Waals surface area contributed by atoms with Gasteiger partial charge >= 0.3 is 5.97 Å². The van der Waals surface area contributed by atoms with Crippen molar-refractivity contribution in [2.75, 3.05) is 0 Å². The molecule has 19 heteroatoms. The Morgan fingerprint density at radius 3 is 0.813 bits per heavy atom. The van der Waals surface area contributed by atoms with E-state index in [1.165, 1.54) is 6.92 Å². The second-order valence-electron chi connectivity index (χ2n) is 37.3. The average Bonchev–Trinajstić information content (AvgIpc) is 0.701. The van der Waals surface area contributed by atoms with E-state index in [1.807, 2.05) is 443 Å². The van der Waals surface area contributed by atoms with Gasteiger partial charge in [0.1, 0.15) is 143 Å². The number of aliphatic hydroxyl groups excluding tert-OH is 2. The van der Waals surface area contributed by atoms with E-state index >= 15 is 9.90 Å². The molecule has 18 aromatic rings. The first kappa shape index (κ1) is 98.4. The fourth-order valence-corrected chi connectivity index (χ4v) is 19.3. The summed E-state index contributed by atoms with van der Waals surface area (Å²) >= 11 is 0. The van der Waals surface area contributed by atoms with Gasteiger partial charge in [0.25, 0.3) is 0 Å². The number of carbonyl (C=O) groups excluding carboxylic acids is 1. The van der Waals surface area contributed by atoms with E-state index in [4.69, 9.17) is 75.8 Å². The maximum absolute atomic E-state index is 15.6. The van der Waals surface area contributed by atoms with Crippen LogP contribution in [0.4, 0.5) is 0 Å². The van der Waals surface area contributed by atoms with Crippen molar-refractivity contribution in [2.24, 2.45) is 0 Å². The molecular weight excluding hydrogens is 1880 g/mol. The monoisotopic (exact) mass is 1990 g/mol. The number of carbonyl (C=O) groups is 1. The third-order valence-electron chi connectivity index (χ3n) is 26.8. The lowest BCUT2D eigenvalue weighted by molar-refractivity contribution is -0.154. The van der Waals surface area contributed by atoms with E-state index in [9.17, 15) is 5.11 Å². The third kappa shape index (κ3) is 24.0. The lowest BCUT2D eigenvalue weighted by atomic mass is 9.73. The molecule has 3 heterocycles. The van der Waals surface area contributed by atoms with Crippen LogP contribution in [0.25, 0.3) is 0 Å². The Kier molecular flexibility index (Phi) is 31.3. The minimum absolute atomic E-state index is 0.0104. The van der Waals surface area contributed by atoms with Crippen molar-refractivity contribution in [3.8, 4) is 86.2 Å². The maximum atomic E-state index is 15.6. The second-order valence-corrected chi connectivity index (χ2v) is 37.3. The summed E-state index contributed by atoms with van der Waals surface area (Å²) in [5, 5.41) is 29.2. The Morgan fingerprint density at radius 1 is 0.240 bits per heavy atom. The quantitative estimate of drug-likeness (QED) is 0.0341. The number of esters is 1. The highest BCUT2D eigenvalue weighted by molar-refractivity contribution is 5.74. The van der Waals surface area contributed by atoms with Gasteiger partial charge in [0.15, 0.2) is 52.8 Å². The molecule has 0 unspecified atom stereocenters. The smallest absolute Gasteiger partial charge is 0.303 e. The third-order valence-corrected chi connectivity index (χ3v) is 26.8. The molecule has 0 aliphatic carbocycles. The van der Waals surface area contributed by atoms with Gasteiger partial charge in [0.2, 0.25) is 0 Å². The molecule has 21 rings (SSSR count). The summed E-state index contributed by atoms with van der Waals surface area (Å²) in [6.07, 6.45) is -8.65. The number of ether oxygens (including phenoxy) is 16. The van der Waals surface area contributed by atoms with E-state index in [0.29, 0.717) is 79.4 Å². The molecule has 0 fully saturated rings. The van der Waals surface area contributed by atoms with Crippen LogP contribution < -0.4 is 71.1 Å². The van der Waals surface area contributed by atoms with Crippen molar-refractivity contribution in [1.82, 2.24) is 0 Å². The Morgan fingerprint density at radius 2 is 0.493 bits per heavy atom. The summed E-state index contributed by atoms with van der Waals surface area (Å²) in [4.78, 5) is 15.5. The van der Waals surface area contributed by atoms with Crippen molar-refractivity contribution in [1.29, 1.82) is 0 Å². The molecule has 0 saturated heterocycles. The van der Waals surface area contributed by atoms with E-state index in [2.05, 4.69) is 0 Å². The van der Waals surface area contributed by atoms with Crippen molar-refractivity contribution in [2.45, 2.75) is 141 Å². The molecule has 3 aliphatic rings. The van der Waals surface area contributed by atoms with Gasteiger partial charge in [-0.1, -0.05) is 382 Å². The van der Waals surface area contributed by atoms with Gasteiger partial charge in [-0.25, -0.2) is 0 Å². The van der Waals surface area contributed by atoms with Crippen LogP contribution in [0, 0.1) is 0 Å². The van der Waals surface area contributed by atoms with Crippen molar-refractivity contribution < 1.29 is 90.8 Å². The Balaban J connectivity index is 0.859. The van der Waals surface area contributed by atoms with Crippen LogP contribution in [0.15, 0.2) is 443 Å². The predicted octanol–water partition coefficient (Wildman–Crippen LogP) is 27.5. The first-order chi connectivity index (χ1) is 74.0. The second kappa shape index (κ2) is 47.7. The van der Waals surface area contributed by atoms with Gasteiger partial charge in [-0.2, -0.15) is 0 Å². The van der Waals surface area contributed by atoms with Crippen molar-refractivity contribution in [3.05, 3.63) is 554 Å². The van der Waals surface area contributed by atoms with E-state index in [1.54, 1.807) is 0 Å². The van der Waals surface area contributed by atoms with Gasteiger partial charge in [-0.05, 0) is 114 Å². The minimum atomic E-state index is -1.75. The van der Waals surface area contributed by atoms with Gasteiger partial charge in [-0.15, -0.1) is 0 Å². The standard InChI is InChI=1S/C131H112O19/c1-88(132)147-131-124(119-114(143-84-97-54-30-10-31-55-97)71-104(135-76-89-38-14-2-15-39-89)72-118(119)148-128(131)103-64-67-109(138-79-92-44-20-5-21-45-92)113(70-103)142-83-96-52-28-9-29-53-96)122-117(146-87-100-60-36-13-37-61-100)75-116(145-86-99-58-34-12-35-59-99)121-123(125(134)127(150-130(121)122)102-63-66-108(137-78-91-42-18-4-19-43-91)112(69-102)141-82-95-50-26-8-27-51-95)120-115(144-85-98-56-32-11-33-57-98)74-110(139-80-93-46-22-6-23-47-93)105-73-106(133)126(149-129(105)120)101-62-65-107(136-77-90-40-16-3-17-41-90)111(68-101)140-81-94-48-24-7-25-49-94/h2-72,74-75,106,123-128,131,133-134H,73,76-87H2,1H3/t106-,123+,124-,125-,126+,127+,128+,131-/m0/s1. The number of hydrogen-bond acceptors (Lipinski definition) is 19. The molecule has 0 bridgehead atoms. The largest absolute Gasteiger partial charge is 0.489 e. The van der Waals surface area contributed by atoms with Crippen LogP contribution in [0.1, 0.15) is 148 Å². The number of hydrogen-bond donors (Lipinski definition) is 2. The Labute approximate surface area is 872 Å². The topological polar surface area (TPSA) is 205 Å². The van der Waals surface area contributed by atoms with Crippen LogP contribution in [-0.4, -0.2) is 34.5 Å². The molecule has 0 radical (unpaired) electrons. The molecule has 18 aromatic carbocycles. The SMILES string of the molecule is CC(=O)O[C@H]1[C@H](c2c(OCc3ccccc3)cc(OCc3ccccc3)c3c2O[C@H](c2ccc(OCc4ccccc4)c(OCc4ccccc4)c2)[C@@H](O)[C@@H]3c2c(OCc3ccccc3)cc(OCc3ccccc3)c3c2O[C@H](c2ccc(OCc4ccccc4)c(OCc4ccccc4)c2)[C@@H](O)C3)c2c(OCc3ccccc3)cc(OCc3ccccc3)cc2O[C@@H]1c1ccc(OCc2ccccc2)c(OCc2ccccc2)c1. The predicted molar refractivity (Wildman–Crippen MR) is 573 cm³/mol. The maximum Gasteiger partial charge on any atom is 0.303 e. The fourth-order valence-electron chi connectivity index (χ4n) is 19.3. The van der Waals surface area contributed by atoms with Crippen LogP contribution in [0.2, 0.25) is 0 Å². The van der Waals surface area contributed by atoms with Crippen LogP contribution in [0.5, 0.6) is 86.2 Å². The molecule has 3 aliphatic heterocycles. The summed E-state index contributed by atoms with van der Waals surface area (Å²) in [6.45, 7) is 2.39. The number of rotatable bonds is 42. The lowest BCUT2D eigenvalue weighted by Gasteiger charge is -2.44. The molecule has 2 N–H and O–H groups in total. The van der Waals surface area contributed by atoms with Gasteiger partial charge < -0.3 is 86.0 Å².